The summed E-state index contributed by atoms with van der Waals surface area (Å²) >= 11 is 0. The second kappa shape index (κ2) is 13.8. The number of carbonyl (C=O) groups is 1. The molecule has 3 rings (SSSR count). The largest absolute Gasteiger partial charge is 0.478 e. The zero-order valence-electron chi connectivity index (χ0n) is 21.9. The van der Waals surface area contributed by atoms with E-state index in [4.69, 9.17) is 0 Å². The number of unbranched alkanes of at least 4 members (excludes halogenated alkanes) is 4. The van der Waals surface area contributed by atoms with E-state index in [1.54, 1.807) is 12.1 Å². The van der Waals surface area contributed by atoms with Crippen LogP contribution in [0.4, 0.5) is 10.1 Å². The van der Waals surface area contributed by atoms with Gasteiger partial charge in [-0.25, -0.2) is 17.6 Å². The van der Waals surface area contributed by atoms with Crippen LogP contribution in [0.5, 0.6) is 0 Å². The fourth-order valence-corrected chi connectivity index (χ4v) is 5.52. The van der Waals surface area contributed by atoms with Gasteiger partial charge in [0.05, 0.1) is 16.1 Å². The van der Waals surface area contributed by atoms with Crippen molar-refractivity contribution in [2.24, 2.45) is 0 Å². The van der Waals surface area contributed by atoms with Crippen LogP contribution in [0.2, 0.25) is 0 Å². The van der Waals surface area contributed by atoms with E-state index in [2.05, 4.69) is 37.8 Å². The molecule has 0 atom stereocenters. The summed E-state index contributed by atoms with van der Waals surface area (Å²) < 4.78 is 42.4. The quantitative estimate of drug-likeness (QED) is 0.199. The molecule has 0 radical (unpaired) electrons. The molecule has 0 aromatic heterocycles. The predicted octanol–water partition coefficient (Wildman–Crippen LogP) is 7.04. The molecule has 0 fully saturated rings. The topological polar surface area (TPSA) is 74.7 Å². The standard InChI is InChI=1S/C31H34FNO4S/c1-3-5-7-8-22-33(27-18-21-30(32)29(23-27)31(34)35)38(36,37)28-19-16-26(17-20-28)15-14-25-12-10-24(11-13-25)9-6-4-2/h10-13,16-21,23H,3-9,22H2,1-2H3,(H,34,35). The minimum Gasteiger partial charge on any atom is -0.478 e. The van der Waals surface area contributed by atoms with Crippen molar-refractivity contribution in [2.75, 3.05) is 10.8 Å². The lowest BCUT2D eigenvalue weighted by Crippen LogP contribution is -2.32. The van der Waals surface area contributed by atoms with E-state index >= 15 is 0 Å². The highest BCUT2D eigenvalue weighted by Gasteiger charge is 2.26. The molecule has 0 bridgehead atoms. The highest BCUT2D eigenvalue weighted by Crippen LogP contribution is 2.27. The number of hydrogen-bond acceptors (Lipinski definition) is 3. The van der Waals surface area contributed by atoms with E-state index in [1.807, 2.05) is 12.1 Å². The summed E-state index contributed by atoms with van der Waals surface area (Å²) in [6, 6.07) is 17.8. The molecule has 200 valence electrons. The lowest BCUT2D eigenvalue weighted by molar-refractivity contribution is 0.0692. The van der Waals surface area contributed by atoms with Crippen molar-refractivity contribution in [3.05, 3.63) is 94.8 Å². The van der Waals surface area contributed by atoms with Crippen LogP contribution >= 0.6 is 0 Å². The predicted molar refractivity (Wildman–Crippen MR) is 150 cm³/mol. The van der Waals surface area contributed by atoms with E-state index in [0.29, 0.717) is 12.0 Å². The van der Waals surface area contributed by atoms with Gasteiger partial charge < -0.3 is 5.11 Å². The number of anilines is 1. The highest BCUT2D eigenvalue weighted by molar-refractivity contribution is 7.92. The maximum absolute atomic E-state index is 14.0. The zero-order chi connectivity index (χ0) is 27.5. The molecule has 3 aromatic rings. The Morgan fingerprint density at radius 1 is 0.842 bits per heavy atom. The summed E-state index contributed by atoms with van der Waals surface area (Å²) in [7, 11) is -4.02. The number of hydrogen-bond donors (Lipinski definition) is 1. The fraction of sp³-hybridized carbons (Fsp3) is 0.323. The van der Waals surface area contributed by atoms with Crippen molar-refractivity contribution in [2.45, 2.75) is 63.7 Å². The van der Waals surface area contributed by atoms with Crippen LogP contribution in [0.15, 0.2) is 71.6 Å². The van der Waals surface area contributed by atoms with Crippen LogP contribution in [-0.2, 0) is 16.4 Å². The number of carboxylic acids is 1. The Balaban J connectivity index is 1.85. The number of nitrogens with zero attached hydrogens (tertiary/aromatic N) is 1. The van der Waals surface area contributed by atoms with Gasteiger partial charge in [0.2, 0.25) is 0 Å². The van der Waals surface area contributed by atoms with E-state index in [9.17, 15) is 22.7 Å². The van der Waals surface area contributed by atoms with Gasteiger partial charge in [-0.1, -0.05) is 63.5 Å². The summed E-state index contributed by atoms with van der Waals surface area (Å²) in [5, 5.41) is 9.33. The first kappa shape index (κ1) is 28.9. The molecule has 0 aliphatic carbocycles. The lowest BCUT2D eigenvalue weighted by atomic mass is 10.1. The maximum atomic E-state index is 14.0. The third-order valence-electron chi connectivity index (χ3n) is 6.25. The summed E-state index contributed by atoms with van der Waals surface area (Å²) in [5.74, 6) is 3.82. The number of benzene rings is 3. The third-order valence-corrected chi connectivity index (χ3v) is 8.09. The van der Waals surface area contributed by atoms with Gasteiger partial charge in [-0.2, -0.15) is 0 Å². The Kier molecular flexibility index (Phi) is 10.5. The van der Waals surface area contributed by atoms with Gasteiger partial charge >= 0.3 is 5.97 Å². The molecule has 3 aromatic carbocycles. The summed E-state index contributed by atoms with van der Waals surface area (Å²) in [5.41, 5.74) is 2.38. The van der Waals surface area contributed by atoms with E-state index in [0.717, 1.165) is 60.5 Å². The van der Waals surface area contributed by atoms with Crippen LogP contribution in [-0.4, -0.2) is 26.0 Å². The maximum Gasteiger partial charge on any atom is 0.338 e. The normalized spacial score (nSPS) is 11.0. The van der Waals surface area contributed by atoms with Gasteiger partial charge in [0, 0.05) is 17.7 Å². The van der Waals surface area contributed by atoms with Crippen molar-refractivity contribution in [1.29, 1.82) is 0 Å². The Morgan fingerprint density at radius 3 is 2.03 bits per heavy atom. The number of sulfonamides is 1. The van der Waals surface area contributed by atoms with Crippen molar-refractivity contribution in [3.63, 3.8) is 0 Å². The number of aryl methyl sites for hydroxylation is 1. The van der Waals surface area contributed by atoms with Crippen LogP contribution in [0, 0.1) is 17.7 Å². The molecule has 0 aliphatic heterocycles. The van der Waals surface area contributed by atoms with E-state index < -0.39 is 27.4 Å². The number of carboxylic acid groups (broad SMARTS) is 1. The van der Waals surface area contributed by atoms with Crippen molar-refractivity contribution in [3.8, 4) is 11.8 Å². The minimum atomic E-state index is -4.02. The molecule has 5 nitrogen and oxygen atoms in total. The first-order valence-corrected chi connectivity index (χ1v) is 14.5. The Bertz CT molecular complexity index is 1390. The molecule has 0 heterocycles. The number of rotatable bonds is 12. The number of aromatic carboxylic acids is 1. The summed E-state index contributed by atoms with van der Waals surface area (Å²) in [6.45, 7) is 4.38. The SMILES string of the molecule is CCCCCCN(c1ccc(F)c(C(=O)O)c1)S(=O)(=O)c1ccc(C#Cc2ccc(CCCC)cc2)cc1. The molecule has 0 spiro atoms. The summed E-state index contributed by atoms with van der Waals surface area (Å²) in [4.78, 5) is 11.5. The average Bonchev–Trinajstić information content (AvgIpc) is 2.92. The van der Waals surface area contributed by atoms with Crippen LogP contribution in [0.25, 0.3) is 0 Å². The molecule has 7 heteroatoms. The van der Waals surface area contributed by atoms with Gasteiger partial charge in [0.25, 0.3) is 10.0 Å². The van der Waals surface area contributed by atoms with Gasteiger partial charge in [-0.15, -0.1) is 0 Å². The molecule has 0 aliphatic rings. The molecule has 0 saturated carbocycles. The van der Waals surface area contributed by atoms with Crippen LogP contribution in [0.1, 0.15) is 79.4 Å². The molecular formula is C31H34FNO4S. The van der Waals surface area contributed by atoms with Crippen molar-refractivity contribution >= 4 is 21.7 Å². The Hall–Kier alpha value is -3.63. The average molecular weight is 536 g/mol. The lowest BCUT2D eigenvalue weighted by Gasteiger charge is -2.25. The molecule has 38 heavy (non-hydrogen) atoms. The Morgan fingerprint density at radius 2 is 1.45 bits per heavy atom. The smallest absolute Gasteiger partial charge is 0.338 e. The molecule has 0 amide bonds. The third kappa shape index (κ3) is 7.69. The second-order valence-corrected chi connectivity index (χ2v) is 11.0. The van der Waals surface area contributed by atoms with Gasteiger partial charge in [0.1, 0.15) is 5.82 Å². The van der Waals surface area contributed by atoms with Crippen molar-refractivity contribution in [1.82, 2.24) is 0 Å². The summed E-state index contributed by atoms with van der Waals surface area (Å²) in [6.07, 6.45) is 6.70. The van der Waals surface area contributed by atoms with Gasteiger partial charge in [0.15, 0.2) is 0 Å². The Labute approximate surface area is 225 Å². The molecular weight excluding hydrogens is 501 g/mol. The molecule has 0 saturated heterocycles. The van der Waals surface area contributed by atoms with Crippen LogP contribution in [0.3, 0.4) is 0 Å². The van der Waals surface area contributed by atoms with Crippen molar-refractivity contribution < 1.29 is 22.7 Å². The first-order valence-electron chi connectivity index (χ1n) is 13.0. The zero-order valence-corrected chi connectivity index (χ0v) is 22.7. The fourth-order valence-electron chi connectivity index (χ4n) is 4.02. The van der Waals surface area contributed by atoms with E-state index in [1.165, 1.54) is 23.8 Å². The monoisotopic (exact) mass is 535 g/mol. The van der Waals surface area contributed by atoms with Gasteiger partial charge in [-0.3, -0.25) is 4.31 Å². The molecule has 0 unspecified atom stereocenters. The van der Waals surface area contributed by atoms with E-state index in [-0.39, 0.29) is 17.1 Å². The second-order valence-electron chi connectivity index (χ2n) is 9.18. The van der Waals surface area contributed by atoms with Crippen LogP contribution < -0.4 is 4.31 Å². The van der Waals surface area contributed by atoms with Gasteiger partial charge in [-0.05, 0) is 79.4 Å². The minimum absolute atomic E-state index is 0.0556. The first-order chi connectivity index (χ1) is 18.3. The molecule has 1 N–H and O–H groups in total. The number of halogens is 1. The highest BCUT2D eigenvalue weighted by atomic mass is 32.2.